The summed E-state index contributed by atoms with van der Waals surface area (Å²) in [6.07, 6.45) is 5.51. The predicted molar refractivity (Wildman–Crippen MR) is 114 cm³/mol. The molecule has 3 heterocycles. The molecule has 0 bridgehead atoms. The Balaban J connectivity index is 1.47. The molecular formula is C20H22ClF2N5O3S. The molecule has 2 fully saturated rings. The summed E-state index contributed by atoms with van der Waals surface area (Å²) in [5.74, 6) is -1.12. The van der Waals surface area contributed by atoms with Gasteiger partial charge in [-0.1, -0.05) is 11.6 Å². The van der Waals surface area contributed by atoms with Crippen LogP contribution in [-0.4, -0.2) is 61.2 Å². The van der Waals surface area contributed by atoms with Crippen molar-refractivity contribution in [3.8, 4) is 0 Å². The van der Waals surface area contributed by atoms with Crippen LogP contribution in [0.25, 0.3) is 0 Å². The number of hydrogen-bond donors (Lipinski definition) is 1. The van der Waals surface area contributed by atoms with Crippen LogP contribution in [0.5, 0.6) is 0 Å². The SMILES string of the molecule is CS(=O)(=O)c1cc(F)c(CN2C(=O)NCC2C2CCN(c3cnc(Cl)cn3)CC2)c(F)c1. The molecule has 2 saturated heterocycles. The molecule has 1 aromatic carbocycles. The monoisotopic (exact) mass is 485 g/mol. The standard InChI is InChI=1S/C20H22ClF2N5O3S/c1-32(30,31)13-6-15(22)14(16(23)7-13)11-28-17(8-26-20(28)29)12-2-4-27(5-3-12)19-10-24-18(21)9-25-19/h6-7,9-10,12,17H,2-5,8,11H2,1H3,(H,26,29). The summed E-state index contributed by atoms with van der Waals surface area (Å²) in [5, 5.41) is 3.07. The van der Waals surface area contributed by atoms with Crippen LogP contribution in [0.4, 0.5) is 19.4 Å². The fraction of sp³-hybridized carbons (Fsp3) is 0.450. The van der Waals surface area contributed by atoms with Crippen LogP contribution in [0.3, 0.4) is 0 Å². The van der Waals surface area contributed by atoms with Crippen molar-refractivity contribution >= 4 is 33.3 Å². The lowest BCUT2D eigenvalue weighted by molar-refractivity contribution is 0.165. The van der Waals surface area contributed by atoms with Crippen molar-refractivity contribution in [2.45, 2.75) is 30.3 Å². The van der Waals surface area contributed by atoms with E-state index in [1.807, 2.05) is 0 Å². The normalized spacial score (nSPS) is 20.0. The van der Waals surface area contributed by atoms with Gasteiger partial charge in [0, 0.05) is 31.5 Å². The summed E-state index contributed by atoms with van der Waals surface area (Å²) in [7, 11) is -3.76. The maximum absolute atomic E-state index is 14.6. The number of urea groups is 1. The lowest BCUT2D eigenvalue weighted by Crippen LogP contribution is -2.44. The zero-order valence-electron chi connectivity index (χ0n) is 17.3. The number of carbonyl (C=O) groups is 1. The Bertz CT molecular complexity index is 1100. The van der Waals surface area contributed by atoms with E-state index in [0.29, 0.717) is 24.8 Å². The highest BCUT2D eigenvalue weighted by Gasteiger charge is 2.38. The van der Waals surface area contributed by atoms with E-state index >= 15 is 0 Å². The number of aromatic nitrogens is 2. The van der Waals surface area contributed by atoms with Gasteiger partial charge in [0.1, 0.15) is 22.6 Å². The van der Waals surface area contributed by atoms with Crippen LogP contribution in [0.2, 0.25) is 5.15 Å². The van der Waals surface area contributed by atoms with E-state index in [1.54, 1.807) is 6.20 Å². The Morgan fingerprint density at radius 1 is 1.16 bits per heavy atom. The number of halogens is 3. The Hall–Kier alpha value is -2.53. The molecule has 2 aliphatic heterocycles. The fourth-order valence-electron chi connectivity index (χ4n) is 4.26. The van der Waals surface area contributed by atoms with E-state index in [2.05, 4.69) is 20.2 Å². The Morgan fingerprint density at radius 2 is 1.81 bits per heavy atom. The lowest BCUT2D eigenvalue weighted by Gasteiger charge is -2.37. The molecule has 12 heteroatoms. The molecule has 172 valence electrons. The second kappa shape index (κ2) is 8.78. The predicted octanol–water partition coefficient (Wildman–Crippen LogP) is 2.62. The summed E-state index contributed by atoms with van der Waals surface area (Å²) in [4.78, 5) is 23.8. The zero-order valence-corrected chi connectivity index (χ0v) is 18.8. The maximum atomic E-state index is 14.6. The summed E-state index contributed by atoms with van der Waals surface area (Å²) in [6, 6.07) is 0.964. The second-order valence-corrected chi connectivity index (χ2v) is 10.4. The van der Waals surface area contributed by atoms with Crippen LogP contribution in [0.15, 0.2) is 29.4 Å². The van der Waals surface area contributed by atoms with Crippen LogP contribution >= 0.6 is 11.6 Å². The highest BCUT2D eigenvalue weighted by Crippen LogP contribution is 2.30. The number of anilines is 1. The van der Waals surface area contributed by atoms with Crippen LogP contribution < -0.4 is 10.2 Å². The topological polar surface area (TPSA) is 95.5 Å². The maximum Gasteiger partial charge on any atom is 0.318 e. The Morgan fingerprint density at radius 3 is 2.38 bits per heavy atom. The number of benzene rings is 1. The minimum absolute atomic E-state index is 0.131. The van der Waals surface area contributed by atoms with Crippen molar-refractivity contribution < 1.29 is 22.0 Å². The summed E-state index contributed by atoms with van der Waals surface area (Å²) < 4.78 is 52.4. The molecule has 2 amide bonds. The molecule has 0 radical (unpaired) electrons. The molecule has 1 N–H and O–H groups in total. The van der Waals surface area contributed by atoms with Gasteiger partial charge in [-0.3, -0.25) is 0 Å². The first-order valence-electron chi connectivity index (χ1n) is 10.1. The van der Waals surface area contributed by atoms with Gasteiger partial charge in [0.15, 0.2) is 9.84 Å². The third kappa shape index (κ3) is 4.63. The summed E-state index contributed by atoms with van der Waals surface area (Å²) in [5.41, 5.74) is -0.326. The first kappa shape index (κ1) is 22.7. The van der Waals surface area contributed by atoms with Gasteiger partial charge in [-0.25, -0.2) is 32.0 Å². The largest absolute Gasteiger partial charge is 0.355 e. The molecule has 32 heavy (non-hydrogen) atoms. The van der Waals surface area contributed by atoms with Crippen molar-refractivity contribution in [2.75, 3.05) is 30.8 Å². The Kier molecular flexibility index (Phi) is 6.22. The first-order valence-corrected chi connectivity index (χ1v) is 12.4. The minimum Gasteiger partial charge on any atom is -0.355 e. The van der Waals surface area contributed by atoms with E-state index in [1.165, 1.54) is 11.1 Å². The number of nitrogens with one attached hydrogen (secondary N) is 1. The van der Waals surface area contributed by atoms with E-state index in [-0.39, 0.29) is 24.1 Å². The van der Waals surface area contributed by atoms with Crippen LogP contribution in [-0.2, 0) is 16.4 Å². The molecular weight excluding hydrogens is 464 g/mol. The van der Waals surface area contributed by atoms with Crippen molar-refractivity contribution in [2.24, 2.45) is 5.92 Å². The lowest BCUT2D eigenvalue weighted by atomic mass is 9.88. The van der Waals surface area contributed by atoms with Crippen molar-refractivity contribution in [1.29, 1.82) is 0 Å². The van der Waals surface area contributed by atoms with E-state index in [0.717, 1.165) is 37.0 Å². The van der Waals surface area contributed by atoms with Gasteiger partial charge in [-0.05, 0) is 30.9 Å². The van der Waals surface area contributed by atoms with Crippen LogP contribution in [0, 0.1) is 17.6 Å². The van der Waals surface area contributed by atoms with Gasteiger partial charge in [-0.15, -0.1) is 0 Å². The number of hydrogen-bond acceptors (Lipinski definition) is 6. The number of nitrogens with zero attached hydrogens (tertiary/aromatic N) is 4. The molecule has 8 nitrogen and oxygen atoms in total. The van der Waals surface area contributed by atoms with Gasteiger partial charge in [0.25, 0.3) is 0 Å². The average molecular weight is 486 g/mol. The molecule has 2 aromatic rings. The average Bonchev–Trinajstić information content (AvgIpc) is 3.11. The highest BCUT2D eigenvalue weighted by atomic mass is 35.5. The van der Waals surface area contributed by atoms with E-state index in [9.17, 15) is 22.0 Å². The smallest absolute Gasteiger partial charge is 0.318 e. The Labute approximate surface area is 189 Å². The van der Waals surface area contributed by atoms with Gasteiger partial charge >= 0.3 is 6.03 Å². The van der Waals surface area contributed by atoms with Gasteiger partial charge < -0.3 is 15.1 Å². The fourth-order valence-corrected chi connectivity index (χ4v) is 4.99. The highest BCUT2D eigenvalue weighted by molar-refractivity contribution is 7.90. The third-order valence-electron chi connectivity index (χ3n) is 6.01. The molecule has 1 aromatic heterocycles. The molecule has 4 rings (SSSR count). The molecule has 0 aliphatic carbocycles. The molecule has 0 saturated carbocycles. The van der Waals surface area contributed by atoms with Crippen molar-refractivity contribution in [3.05, 3.63) is 46.9 Å². The van der Waals surface area contributed by atoms with Crippen molar-refractivity contribution in [3.63, 3.8) is 0 Å². The minimum atomic E-state index is -3.76. The van der Waals surface area contributed by atoms with Gasteiger partial charge in [0.05, 0.1) is 29.9 Å². The third-order valence-corrected chi connectivity index (χ3v) is 7.30. The molecule has 1 unspecified atom stereocenters. The van der Waals surface area contributed by atoms with Gasteiger partial charge in [0.2, 0.25) is 0 Å². The zero-order chi connectivity index (χ0) is 23.0. The van der Waals surface area contributed by atoms with E-state index in [4.69, 9.17) is 11.6 Å². The van der Waals surface area contributed by atoms with Crippen molar-refractivity contribution in [1.82, 2.24) is 20.2 Å². The molecule has 1 atom stereocenters. The number of amides is 2. The number of rotatable bonds is 5. The first-order chi connectivity index (χ1) is 15.1. The summed E-state index contributed by atoms with van der Waals surface area (Å²) in [6.45, 7) is 1.51. The number of carbonyl (C=O) groups excluding carboxylic acids is 1. The summed E-state index contributed by atoms with van der Waals surface area (Å²) >= 11 is 5.79. The van der Waals surface area contributed by atoms with Crippen LogP contribution in [0.1, 0.15) is 18.4 Å². The number of piperidine rings is 1. The molecule has 0 spiro atoms. The van der Waals surface area contributed by atoms with E-state index < -0.39 is 32.4 Å². The second-order valence-electron chi connectivity index (χ2n) is 8.04. The number of sulfone groups is 1. The van der Waals surface area contributed by atoms with Gasteiger partial charge in [-0.2, -0.15) is 0 Å². The quantitative estimate of drug-likeness (QED) is 0.699. The molecule has 2 aliphatic rings.